The number of hydrogen-bond donors (Lipinski definition) is 0. The summed E-state index contributed by atoms with van der Waals surface area (Å²) in [4.78, 5) is 18.6. The van der Waals surface area contributed by atoms with Crippen LogP contribution in [0.5, 0.6) is 0 Å². The molecule has 1 amide bonds. The molecular formula is C21H17N3O2S2. The number of hydrazone groups is 1. The van der Waals surface area contributed by atoms with Crippen molar-refractivity contribution >= 4 is 50.6 Å². The summed E-state index contributed by atoms with van der Waals surface area (Å²) < 4.78 is 6.30. The molecule has 0 radical (unpaired) electrons. The lowest BCUT2D eigenvalue weighted by Gasteiger charge is -2.13. The van der Waals surface area contributed by atoms with Crippen molar-refractivity contribution in [3.8, 4) is 0 Å². The van der Waals surface area contributed by atoms with E-state index in [0.29, 0.717) is 23.1 Å². The monoisotopic (exact) mass is 407 g/mol. The highest BCUT2D eigenvalue weighted by Gasteiger charge is 2.19. The number of carbonyl (C=O) groups is 1. The summed E-state index contributed by atoms with van der Waals surface area (Å²) >= 11 is 3.09. The number of thioether (sulfide) groups is 1. The highest BCUT2D eigenvalue weighted by atomic mass is 32.2. The Morgan fingerprint density at radius 1 is 1.11 bits per heavy atom. The Labute approximate surface area is 170 Å². The molecule has 0 atom stereocenters. The number of furan rings is 1. The zero-order chi connectivity index (χ0) is 19.2. The quantitative estimate of drug-likeness (QED) is 0.233. The summed E-state index contributed by atoms with van der Waals surface area (Å²) in [6.45, 7) is 0. The second-order valence-electron chi connectivity index (χ2n) is 5.84. The third-order valence-electron chi connectivity index (χ3n) is 3.87. The van der Waals surface area contributed by atoms with E-state index in [0.717, 1.165) is 15.1 Å². The van der Waals surface area contributed by atoms with Gasteiger partial charge >= 0.3 is 0 Å². The molecule has 5 nitrogen and oxygen atoms in total. The Morgan fingerprint density at radius 2 is 1.93 bits per heavy atom. The van der Waals surface area contributed by atoms with E-state index in [-0.39, 0.29) is 5.91 Å². The van der Waals surface area contributed by atoms with E-state index < -0.39 is 0 Å². The largest absolute Gasteiger partial charge is 0.463 e. The van der Waals surface area contributed by atoms with Gasteiger partial charge in [-0.3, -0.25) is 4.79 Å². The zero-order valence-corrected chi connectivity index (χ0v) is 16.5. The molecule has 0 saturated carbocycles. The van der Waals surface area contributed by atoms with Gasteiger partial charge in [-0.15, -0.1) is 11.8 Å². The molecule has 2 aromatic heterocycles. The van der Waals surface area contributed by atoms with Crippen LogP contribution in [0.15, 0.2) is 87.4 Å². The fraction of sp³-hybridized carbons (Fsp3) is 0.0952. The number of hydrogen-bond acceptors (Lipinski definition) is 6. The van der Waals surface area contributed by atoms with E-state index in [4.69, 9.17) is 4.42 Å². The molecule has 0 fully saturated rings. The molecule has 0 unspecified atom stereocenters. The van der Waals surface area contributed by atoms with Gasteiger partial charge in [0.1, 0.15) is 5.76 Å². The van der Waals surface area contributed by atoms with Crippen LogP contribution in [0.4, 0.5) is 5.13 Å². The predicted octanol–water partition coefficient (Wildman–Crippen LogP) is 5.44. The van der Waals surface area contributed by atoms with Gasteiger partial charge in [-0.1, -0.05) is 41.7 Å². The number of benzene rings is 2. The average molecular weight is 408 g/mol. The lowest BCUT2D eigenvalue weighted by atomic mass is 10.3. The molecule has 140 valence electrons. The third kappa shape index (κ3) is 4.49. The van der Waals surface area contributed by atoms with Crippen LogP contribution < -0.4 is 5.01 Å². The molecule has 4 rings (SSSR count). The molecule has 0 aliphatic carbocycles. The Morgan fingerprint density at radius 3 is 2.71 bits per heavy atom. The summed E-state index contributed by atoms with van der Waals surface area (Å²) in [5.74, 6) is 1.14. The first-order valence-electron chi connectivity index (χ1n) is 8.73. The number of thiazole rings is 1. The number of nitrogens with zero attached hydrogens (tertiary/aromatic N) is 3. The Kier molecular flexibility index (Phi) is 5.84. The van der Waals surface area contributed by atoms with Crippen molar-refractivity contribution < 1.29 is 9.21 Å². The SMILES string of the molecule is O=C(CCSc1ccccc1)N(/N=C/c1ccco1)c1nc2ccccc2s1. The molecule has 4 aromatic rings. The topological polar surface area (TPSA) is 58.7 Å². The summed E-state index contributed by atoms with van der Waals surface area (Å²) in [6.07, 6.45) is 3.46. The van der Waals surface area contributed by atoms with Crippen LogP contribution in [-0.2, 0) is 4.79 Å². The highest BCUT2D eigenvalue weighted by Crippen LogP contribution is 2.29. The summed E-state index contributed by atoms with van der Waals surface area (Å²) in [6, 6.07) is 21.4. The molecular weight excluding hydrogens is 390 g/mol. The molecule has 28 heavy (non-hydrogen) atoms. The molecule has 0 bridgehead atoms. The van der Waals surface area contributed by atoms with Gasteiger partial charge in [0.05, 0.1) is 22.7 Å². The van der Waals surface area contributed by atoms with E-state index >= 15 is 0 Å². The Hall–Kier alpha value is -2.90. The van der Waals surface area contributed by atoms with Gasteiger partial charge in [0.25, 0.3) is 0 Å². The minimum Gasteiger partial charge on any atom is -0.463 e. The van der Waals surface area contributed by atoms with Gasteiger partial charge in [0, 0.05) is 17.1 Å². The van der Waals surface area contributed by atoms with Gasteiger partial charge in [0.15, 0.2) is 0 Å². The standard InChI is InChI=1S/C21H17N3O2S2/c25-20(12-14-27-17-8-2-1-3-9-17)24(22-15-16-7-6-13-26-16)21-23-18-10-4-5-11-19(18)28-21/h1-11,13,15H,12,14H2/b22-15+. The molecule has 2 heterocycles. The molecule has 2 aromatic carbocycles. The summed E-state index contributed by atoms with van der Waals surface area (Å²) in [7, 11) is 0. The average Bonchev–Trinajstić information content (AvgIpc) is 3.38. The highest BCUT2D eigenvalue weighted by molar-refractivity contribution is 7.99. The molecule has 0 saturated heterocycles. The smallest absolute Gasteiger partial charge is 0.250 e. The second kappa shape index (κ2) is 8.86. The minimum atomic E-state index is -0.106. The number of rotatable bonds is 7. The fourth-order valence-corrected chi connectivity index (χ4v) is 4.33. The maximum absolute atomic E-state index is 12.9. The molecule has 0 aliphatic rings. The number of carbonyl (C=O) groups excluding carboxylic acids is 1. The summed E-state index contributed by atoms with van der Waals surface area (Å²) in [5.41, 5.74) is 0.854. The molecule has 7 heteroatoms. The number of amides is 1. The van der Waals surface area contributed by atoms with E-state index in [1.807, 2.05) is 54.6 Å². The van der Waals surface area contributed by atoms with E-state index in [1.165, 1.54) is 22.6 Å². The van der Waals surface area contributed by atoms with E-state index in [2.05, 4.69) is 10.1 Å². The Bertz CT molecular complexity index is 1040. The molecule has 0 N–H and O–H groups in total. The van der Waals surface area contributed by atoms with Crippen molar-refractivity contribution in [1.82, 2.24) is 4.98 Å². The van der Waals surface area contributed by atoms with Crippen molar-refractivity contribution in [2.24, 2.45) is 5.10 Å². The van der Waals surface area contributed by atoms with Gasteiger partial charge in [0.2, 0.25) is 11.0 Å². The molecule has 0 aliphatic heterocycles. The molecule has 0 spiro atoms. The van der Waals surface area contributed by atoms with E-state index in [9.17, 15) is 4.79 Å². The number of aromatic nitrogens is 1. The maximum atomic E-state index is 12.9. The van der Waals surface area contributed by atoms with Crippen molar-refractivity contribution in [1.29, 1.82) is 0 Å². The number of anilines is 1. The van der Waals surface area contributed by atoms with Crippen molar-refractivity contribution in [3.05, 3.63) is 78.8 Å². The van der Waals surface area contributed by atoms with Crippen molar-refractivity contribution in [2.45, 2.75) is 11.3 Å². The summed E-state index contributed by atoms with van der Waals surface area (Å²) in [5, 5.41) is 6.29. The maximum Gasteiger partial charge on any atom is 0.250 e. The fourth-order valence-electron chi connectivity index (χ4n) is 2.53. The van der Waals surface area contributed by atoms with Gasteiger partial charge in [-0.2, -0.15) is 10.1 Å². The lowest BCUT2D eigenvalue weighted by Crippen LogP contribution is -2.25. The lowest BCUT2D eigenvalue weighted by molar-refractivity contribution is -0.118. The second-order valence-corrected chi connectivity index (χ2v) is 8.02. The van der Waals surface area contributed by atoms with Gasteiger partial charge in [-0.05, 0) is 36.4 Å². The van der Waals surface area contributed by atoms with Crippen LogP contribution in [0, 0.1) is 0 Å². The van der Waals surface area contributed by atoms with Crippen molar-refractivity contribution in [3.63, 3.8) is 0 Å². The number of para-hydroxylation sites is 1. The first kappa shape index (κ1) is 18.5. The first-order valence-corrected chi connectivity index (χ1v) is 10.5. The number of fused-ring (bicyclic) bond motifs is 1. The predicted molar refractivity (Wildman–Crippen MR) is 115 cm³/mol. The van der Waals surface area contributed by atoms with Gasteiger partial charge in [-0.25, -0.2) is 4.98 Å². The van der Waals surface area contributed by atoms with E-state index in [1.54, 1.807) is 30.2 Å². The van der Waals surface area contributed by atoms with Crippen LogP contribution in [0.2, 0.25) is 0 Å². The van der Waals surface area contributed by atoms with Crippen molar-refractivity contribution in [2.75, 3.05) is 10.8 Å². The minimum absolute atomic E-state index is 0.106. The van der Waals surface area contributed by atoms with Crippen LogP contribution in [0.1, 0.15) is 12.2 Å². The van der Waals surface area contributed by atoms with Crippen LogP contribution >= 0.6 is 23.1 Å². The zero-order valence-electron chi connectivity index (χ0n) is 14.9. The van der Waals surface area contributed by atoms with Crippen LogP contribution in [-0.4, -0.2) is 22.9 Å². The normalized spacial score (nSPS) is 11.3. The Balaban J connectivity index is 1.52. The third-order valence-corrected chi connectivity index (χ3v) is 5.90. The van der Waals surface area contributed by atoms with Crippen LogP contribution in [0.3, 0.4) is 0 Å². The van der Waals surface area contributed by atoms with Crippen LogP contribution in [0.25, 0.3) is 10.2 Å². The first-order chi connectivity index (χ1) is 13.8. The van der Waals surface area contributed by atoms with Gasteiger partial charge < -0.3 is 4.42 Å².